The van der Waals surface area contributed by atoms with E-state index < -0.39 is 0 Å². The molecule has 2 aliphatic heterocycles. The lowest BCUT2D eigenvalue weighted by Gasteiger charge is -2.31. The van der Waals surface area contributed by atoms with Crippen molar-refractivity contribution in [2.45, 2.75) is 52.1 Å². The van der Waals surface area contributed by atoms with Crippen molar-refractivity contribution in [2.24, 2.45) is 10.9 Å². The van der Waals surface area contributed by atoms with Crippen LogP contribution in [0.1, 0.15) is 45.1 Å². The van der Waals surface area contributed by atoms with E-state index in [1.54, 1.807) is 7.11 Å². The molecular weight excluding hydrogens is 501 g/mol. The topological polar surface area (TPSA) is 52.1 Å². The summed E-state index contributed by atoms with van der Waals surface area (Å²) in [6.45, 7) is 13.0. The van der Waals surface area contributed by atoms with E-state index in [0.717, 1.165) is 57.5 Å². The summed E-state index contributed by atoms with van der Waals surface area (Å²) in [7, 11) is 1.72. The van der Waals surface area contributed by atoms with Gasteiger partial charge < -0.3 is 15.4 Å². The number of hydrogen-bond acceptors (Lipinski definition) is 4. The summed E-state index contributed by atoms with van der Waals surface area (Å²) in [6, 6.07) is 9.11. The van der Waals surface area contributed by atoms with Gasteiger partial charge in [0.05, 0.1) is 7.11 Å². The van der Waals surface area contributed by atoms with Crippen LogP contribution in [0.4, 0.5) is 0 Å². The fraction of sp³-hybridized carbons (Fsp3) is 0.708. The zero-order valence-electron chi connectivity index (χ0n) is 19.6. The number of hydrogen-bond donors (Lipinski definition) is 2. The molecule has 2 saturated heterocycles. The van der Waals surface area contributed by atoms with Crippen molar-refractivity contribution in [3.8, 4) is 5.75 Å². The number of ether oxygens (including phenoxy) is 1. The van der Waals surface area contributed by atoms with Gasteiger partial charge in [0.2, 0.25) is 0 Å². The van der Waals surface area contributed by atoms with Crippen LogP contribution in [0.5, 0.6) is 5.75 Å². The Morgan fingerprint density at radius 1 is 1.06 bits per heavy atom. The van der Waals surface area contributed by atoms with Gasteiger partial charge in [-0.25, -0.2) is 0 Å². The lowest BCUT2D eigenvalue weighted by atomic mass is 9.96. The first-order valence-corrected chi connectivity index (χ1v) is 11.8. The molecule has 0 amide bonds. The molecule has 0 bridgehead atoms. The third kappa shape index (κ3) is 8.42. The molecular formula is C24H42IN5O. The van der Waals surface area contributed by atoms with Gasteiger partial charge in [0.15, 0.2) is 5.96 Å². The van der Waals surface area contributed by atoms with Crippen LogP contribution < -0.4 is 15.4 Å². The van der Waals surface area contributed by atoms with Crippen molar-refractivity contribution in [2.75, 3.05) is 52.9 Å². The number of halogens is 1. The number of likely N-dealkylation sites (N-methyl/N-ethyl adjacent to an activating group) is 1. The normalized spacial score (nSPS) is 21.0. The predicted octanol–water partition coefficient (Wildman–Crippen LogP) is 3.56. The summed E-state index contributed by atoms with van der Waals surface area (Å²) in [5, 5.41) is 7.02. The number of piperidine rings is 1. The van der Waals surface area contributed by atoms with E-state index in [4.69, 9.17) is 9.73 Å². The van der Waals surface area contributed by atoms with Gasteiger partial charge in [-0.1, -0.05) is 19.1 Å². The van der Waals surface area contributed by atoms with E-state index in [-0.39, 0.29) is 24.0 Å². The SMILES string of the molecule is CCNC(=NCC1CCN(Cc2ccc(OC)cc2)CC1)NCC1CCCN1CC.I. The zero-order valence-corrected chi connectivity index (χ0v) is 21.9. The van der Waals surface area contributed by atoms with Crippen molar-refractivity contribution >= 4 is 29.9 Å². The van der Waals surface area contributed by atoms with Crippen LogP contribution in [0.3, 0.4) is 0 Å². The minimum Gasteiger partial charge on any atom is -0.497 e. The molecule has 0 aromatic heterocycles. The predicted molar refractivity (Wildman–Crippen MR) is 141 cm³/mol. The molecule has 1 aromatic carbocycles. The van der Waals surface area contributed by atoms with Crippen LogP contribution in [-0.4, -0.2) is 74.7 Å². The quantitative estimate of drug-likeness (QED) is 0.284. The highest BCUT2D eigenvalue weighted by atomic mass is 127. The number of nitrogens with zero attached hydrogens (tertiary/aromatic N) is 3. The monoisotopic (exact) mass is 543 g/mol. The number of aliphatic imine (C=N–C) groups is 1. The van der Waals surface area contributed by atoms with Crippen LogP contribution in [-0.2, 0) is 6.54 Å². The molecule has 2 N–H and O–H groups in total. The summed E-state index contributed by atoms with van der Waals surface area (Å²) in [5.74, 6) is 2.60. The molecule has 7 heteroatoms. The molecule has 1 atom stereocenters. The fourth-order valence-electron chi connectivity index (χ4n) is 4.64. The van der Waals surface area contributed by atoms with E-state index in [9.17, 15) is 0 Å². The van der Waals surface area contributed by atoms with Gasteiger partial charge >= 0.3 is 0 Å². The van der Waals surface area contributed by atoms with Crippen LogP contribution in [0.15, 0.2) is 29.3 Å². The number of rotatable bonds is 9. The second-order valence-electron chi connectivity index (χ2n) is 8.59. The second-order valence-corrected chi connectivity index (χ2v) is 8.59. The van der Waals surface area contributed by atoms with Crippen molar-refractivity contribution in [1.29, 1.82) is 0 Å². The lowest BCUT2D eigenvalue weighted by Crippen LogP contribution is -2.45. The maximum absolute atomic E-state index is 5.26. The largest absolute Gasteiger partial charge is 0.497 e. The maximum Gasteiger partial charge on any atom is 0.191 e. The molecule has 3 rings (SSSR count). The Morgan fingerprint density at radius 3 is 2.45 bits per heavy atom. The van der Waals surface area contributed by atoms with Crippen LogP contribution in [0.25, 0.3) is 0 Å². The average molecular weight is 544 g/mol. The number of benzene rings is 1. The Hall–Kier alpha value is -1.06. The van der Waals surface area contributed by atoms with Crippen molar-refractivity contribution in [3.63, 3.8) is 0 Å². The molecule has 2 fully saturated rings. The molecule has 0 aliphatic carbocycles. The molecule has 1 aromatic rings. The first kappa shape index (κ1) is 26.2. The minimum absolute atomic E-state index is 0. The Kier molecular flexibility index (Phi) is 12.0. The molecule has 0 spiro atoms. The van der Waals surface area contributed by atoms with Crippen molar-refractivity contribution in [1.82, 2.24) is 20.4 Å². The van der Waals surface area contributed by atoms with Gasteiger partial charge in [0.1, 0.15) is 5.75 Å². The van der Waals surface area contributed by atoms with Gasteiger partial charge in [0, 0.05) is 32.2 Å². The lowest BCUT2D eigenvalue weighted by molar-refractivity contribution is 0.180. The van der Waals surface area contributed by atoms with E-state index in [2.05, 4.69) is 58.5 Å². The standard InChI is InChI=1S/C24H41N5O.HI/c1-4-25-24(27-18-22-7-6-14-29(22)5-2)26-17-20-12-15-28(16-13-20)19-21-8-10-23(30-3)11-9-21;/h8-11,20,22H,4-7,12-19H2,1-3H3,(H2,25,26,27);1H. The maximum atomic E-state index is 5.26. The van der Waals surface area contributed by atoms with Gasteiger partial charge in [-0.2, -0.15) is 0 Å². The molecule has 2 aliphatic rings. The van der Waals surface area contributed by atoms with Gasteiger partial charge in [-0.05, 0) is 82.4 Å². The second kappa shape index (κ2) is 14.2. The molecule has 2 heterocycles. The molecule has 1 unspecified atom stereocenters. The molecule has 31 heavy (non-hydrogen) atoms. The third-order valence-electron chi connectivity index (χ3n) is 6.53. The van der Waals surface area contributed by atoms with Gasteiger partial charge in [-0.3, -0.25) is 14.8 Å². The van der Waals surface area contributed by atoms with E-state index >= 15 is 0 Å². The van der Waals surface area contributed by atoms with E-state index in [1.165, 1.54) is 37.8 Å². The Labute approximate surface area is 206 Å². The minimum atomic E-state index is 0. The summed E-state index contributed by atoms with van der Waals surface area (Å²) in [5.41, 5.74) is 1.36. The molecule has 0 saturated carbocycles. The van der Waals surface area contributed by atoms with Crippen molar-refractivity contribution < 1.29 is 4.74 Å². The van der Waals surface area contributed by atoms with Gasteiger partial charge in [-0.15, -0.1) is 24.0 Å². The number of guanidine groups is 1. The van der Waals surface area contributed by atoms with E-state index in [1.807, 2.05) is 0 Å². The summed E-state index contributed by atoms with van der Waals surface area (Å²) in [4.78, 5) is 10.1. The first-order chi connectivity index (χ1) is 14.7. The molecule has 0 radical (unpaired) electrons. The number of methoxy groups -OCH3 is 1. The zero-order chi connectivity index (χ0) is 21.2. The van der Waals surface area contributed by atoms with Crippen LogP contribution >= 0.6 is 24.0 Å². The smallest absolute Gasteiger partial charge is 0.191 e. The highest BCUT2D eigenvalue weighted by Crippen LogP contribution is 2.20. The summed E-state index contributed by atoms with van der Waals surface area (Å²) in [6.07, 6.45) is 5.08. The summed E-state index contributed by atoms with van der Waals surface area (Å²) < 4.78 is 5.26. The third-order valence-corrected chi connectivity index (χ3v) is 6.53. The Bertz CT molecular complexity index is 646. The summed E-state index contributed by atoms with van der Waals surface area (Å²) >= 11 is 0. The van der Waals surface area contributed by atoms with E-state index in [0.29, 0.717) is 12.0 Å². The number of likely N-dealkylation sites (tertiary alicyclic amines) is 2. The van der Waals surface area contributed by atoms with Crippen molar-refractivity contribution in [3.05, 3.63) is 29.8 Å². The highest BCUT2D eigenvalue weighted by molar-refractivity contribution is 14.0. The Morgan fingerprint density at radius 2 is 1.81 bits per heavy atom. The van der Waals surface area contributed by atoms with Crippen LogP contribution in [0, 0.1) is 5.92 Å². The first-order valence-electron chi connectivity index (χ1n) is 11.8. The average Bonchev–Trinajstić information content (AvgIpc) is 3.25. The van der Waals surface area contributed by atoms with Gasteiger partial charge in [0.25, 0.3) is 0 Å². The molecule has 6 nitrogen and oxygen atoms in total. The Balaban J connectivity index is 0.00000341. The molecule has 176 valence electrons. The fourth-order valence-corrected chi connectivity index (χ4v) is 4.64. The van der Waals surface area contributed by atoms with Crippen LogP contribution in [0.2, 0.25) is 0 Å². The highest BCUT2D eigenvalue weighted by Gasteiger charge is 2.23. The number of nitrogens with one attached hydrogen (secondary N) is 2.